The predicted octanol–water partition coefficient (Wildman–Crippen LogP) is 1.61. The third-order valence-electron chi connectivity index (χ3n) is 5.33. The molecule has 1 unspecified atom stereocenters. The Kier molecular flexibility index (Phi) is 3.63. The van der Waals surface area contributed by atoms with Crippen LogP contribution < -0.4 is 0 Å². The van der Waals surface area contributed by atoms with Gasteiger partial charge in [0.2, 0.25) is 0 Å². The number of fused-ring (bicyclic) bond motifs is 3. The number of carbonyl (C=O) groups is 2. The highest BCUT2D eigenvalue weighted by Gasteiger charge is 2.57. The lowest BCUT2D eigenvalue weighted by atomic mass is 9.78. The zero-order chi connectivity index (χ0) is 16.2. The quantitative estimate of drug-likeness (QED) is 0.588. The maximum absolute atomic E-state index is 12.1. The number of ether oxygens (including phenoxy) is 2. The van der Waals surface area contributed by atoms with Crippen LogP contribution >= 0.6 is 0 Å². The van der Waals surface area contributed by atoms with Gasteiger partial charge in [0.1, 0.15) is 12.2 Å². The molecule has 0 bridgehead atoms. The van der Waals surface area contributed by atoms with Crippen LogP contribution in [0.1, 0.15) is 27.2 Å². The summed E-state index contributed by atoms with van der Waals surface area (Å²) >= 11 is 0. The van der Waals surface area contributed by atoms with Crippen LogP contribution in [0, 0.1) is 23.7 Å². The molecule has 22 heavy (non-hydrogen) atoms. The van der Waals surface area contributed by atoms with Crippen molar-refractivity contribution in [2.75, 3.05) is 0 Å². The van der Waals surface area contributed by atoms with Gasteiger partial charge in [-0.1, -0.05) is 30.7 Å². The second kappa shape index (κ2) is 5.23. The molecule has 1 saturated heterocycles. The van der Waals surface area contributed by atoms with Gasteiger partial charge < -0.3 is 14.6 Å². The van der Waals surface area contributed by atoms with Gasteiger partial charge in [0, 0.05) is 31.1 Å². The number of aliphatic hydroxyl groups excluding tert-OH is 1. The van der Waals surface area contributed by atoms with E-state index in [1.54, 1.807) is 0 Å². The number of hydrogen-bond donors (Lipinski definition) is 1. The first kappa shape index (κ1) is 15.3. The van der Waals surface area contributed by atoms with Crippen LogP contribution in [-0.2, 0) is 19.1 Å². The van der Waals surface area contributed by atoms with Crippen molar-refractivity contribution in [1.82, 2.24) is 0 Å². The van der Waals surface area contributed by atoms with E-state index in [0.717, 1.165) is 11.1 Å². The van der Waals surface area contributed by atoms with E-state index in [4.69, 9.17) is 9.47 Å². The summed E-state index contributed by atoms with van der Waals surface area (Å²) in [7, 11) is 0. The summed E-state index contributed by atoms with van der Waals surface area (Å²) in [6.07, 6.45) is 0.858. The number of esters is 2. The Morgan fingerprint density at radius 2 is 2.14 bits per heavy atom. The fourth-order valence-corrected chi connectivity index (χ4v) is 4.41. The van der Waals surface area contributed by atoms with Gasteiger partial charge >= 0.3 is 11.9 Å². The molecule has 2 aliphatic carbocycles. The molecule has 3 aliphatic rings. The van der Waals surface area contributed by atoms with E-state index in [1.807, 2.05) is 19.9 Å². The lowest BCUT2D eigenvalue weighted by molar-refractivity contribution is -0.150. The van der Waals surface area contributed by atoms with Crippen molar-refractivity contribution < 1.29 is 24.2 Å². The highest BCUT2D eigenvalue weighted by molar-refractivity contribution is 5.75. The fourth-order valence-electron chi connectivity index (χ4n) is 4.41. The molecule has 3 rings (SSSR count). The number of hydrogen-bond acceptors (Lipinski definition) is 5. The molecule has 1 aliphatic heterocycles. The Labute approximate surface area is 130 Å². The second-order valence-corrected chi connectivity index (χ2v) is 6.73. The monoisotopic (exact) mass is 306 g/mol. The van der Waals surface area contributed by atoms with Crippen LogP contribution in [0.2, 0.25) is 0 Å². The Morgan fingerprint density at radius 3 is 2.77 bits per heavy atom. The maximum atomic E-state index is 12.1. The summed E-state index contributed by atoms with van der Waals surface area (Å²) in [5.74, 6) is -1.41. The summed E-state index contributed by atoms with van der Waals surface area (Å²) in [5.41, 5.74) is 1.87. The highest BCUT2D eigenvalue weighted by atomic mass is 16.6. The molecule has 2 fully saturated rings. The minimum absolute atomic E-state index is 0.0815. The van der Waals surface area contributed by atoms with Gasteiger partial charge in [-0.15, -0.1) is 0 Å². The lowest BCUT2D eigenvalue weighted by Crippen LogP contribution is -2.38. The van der Waals surface area contributed by atoms with Crippen LogP contribution in [0.25, 0.3) is 0 Å². The molecule has 1 N–H and O–H groups in total. The molecule has 0 spiro atoms. The molecular weight excluding hydrogens is 284 g/mol. The largest absolute Gasteiger partial charge is 0.462 e. The summed E-state index contributed by atoms with van der Waals surface area (Å²) in [4.78, 5) is 23.5. The minimum atomic E-state index is -0.621. The average Bonchev–Trinajstić information content (AvgIpc) is 2.81. The van der Waals surface area contributed by atoms with E-state index in [2.05, 4.69) is 6.58 Å². The van der Waals surface area contributed by atoms with Gasteiger partial charge in [0.05, 0.1) is 12.0 Å². The molecule has 0 aromatic rings. The van der Waals surface area contributed by atoms with Crippen LogP contribution in [0.5, 0.6) is 0 Å². The van der Waals surface area contributed by atoms with Gasteiger partial charge in [0.25, 0.3) is 0 Å². The van der Waals surface area contributed by atoms with Crippen molar-refractivity contribution in [2.45, 2.75) is 45.5 Å². The molecule has 1 heterocycles. The Balaban J connectivity index is 2.03. The predicted molar refractivity (Wildman–Crippen MR) is 78.6 cm³/mol. The van der Waals surface area contributed by atoms with Gasteiger partial charge in [-0.3, -0.25) is 9.59 Å². The molecule has 120 valence electrons. The Morgan fingerprint density at radius 1 is 1.45 bits per heavy atom. The molecule has 0 aromatic carbocycles. The zero-order valence-electron chi connectivity index (χ0n) is 13.1. The van der Waals surface area contributed by atoms with Gasteiger partial charge in [-0.05, 0) is 6.92 Å². The van der Waals surface area contributed by atoms with Crippen molar-refractivity contribution in [3.05, 3.63) is 23.8 Å². The highest BCUT2D eigenvalue weighted by Crippen LogP contribution is 2.51. The van der Waals surface area contributed by atoms with E-state index in [1.165, 1.54) is 6.92 Å². The molecule has 7 atom stereocenters. The molecular formula is C17H22O5. The first-order chi connectivity index (χ1) is 10.3. The summed E-state index contributed by atoms with van der Waals surface area (Å²) in [5, 5.41) is 10.3. The first-order valence-corrected chi connectivity index (χ1v) is 7.73. The normalized spacial score (nSPS) is 43.8. The minimum Gasteiger partial charge on any atom is -0.462 e. The topological polar surface area (TPSA) is 72.8 Å². The first-order valence-electron chi connectivity index (χ1n) is 7.73. The maximum Gasteiger partial charge on any atom is 0.309 e. The average molecular weight is 306 g/mol. The van der Waals surface area contributed by atoms with Crippen LogP contribution in [-0.4, -0.2) is 35.4 Å². The van der Waals surface area contributed by atoms with E-state index in [0.29, 0.717) is 6.42 Å². The van der Waals surface area contributed by atoms with Crippen LogP contribution in [0.4, 0.5) is 0 Å². The molecule has 5 nitrogen and oxygen atoms in total. The molecule has 1 saturated carbocycles. The zero-order valence-corrected chi connectivity index (χ0v) is 13.1. The number of carbonyl (C=O) groups excluding carboxylic acids is 2. The standard InChI is InChI=1S/C17H22O5/c1-7-5-11(19)13-8(2)6-12(21-10(4)18)15-9(3)17(20)22-16(15)14(7)13/h5,9,11-16,19H,2,6H2,1,3-4H3/t9-,11-,12-,13+,14-,15?,16+/m0/s1. The van der Waals surface area contributed by atoms with E-state index < -0.39 is 12.2 Å². The van der Waals surface area contributed by atoms with E-state index in [9.17, 15) is 14.7 Å². The fraction of sp³-hybridized carbons (Fsp3) is 0.647. The van der Waals surface area contributed by atoms with Crippen molar-refractivity contribution >= 4 is 11.9 Å². The van der Waals surface area contributed by atoms with Crippen LogP contribution in [0.3, 0.4) is 0 Å². The van der Waals surface area contributed by atoms with E-state index in [-0.39, 0.29) is 41.7 Å². The smallest absolute Gasteiger partial charge is 0.309 e. The summed E-state index contributed by atoms with van der Waals surface area (Å²) in [6.45, 7) is 9.23. The summed E-state index contributed by atoms with van der Waals surface area (Å²) in [6, 6.07) is 0. The third-order valence-corrected chi connectivity index (χ3v) is 5.33. The SMILES string of the molecule is C=C1C[C@H](OC(C)=O)C2[C@H](C)C(=O)O[C@@H]2[C@H]2C(C)=C[C@H](O)[C@@H]12. The van der Waals surface area contributed by atoms with Crippen molar-refractivity contribution in [1.29, 1.82) is 0 Å². The van der Waals surface area contributed by atoms with Crippen LogP contribution in [0.15, 0.2) is 23.8 Å². The molecule has 5 heteroatoms. The van der Waals surface area contributed by atoms with Gasteiger partial charge in [-0.2, -0.15) is 0 Å². The Bertz CT molecular complexity index is 563. The molecule has 0 aromatic heterocycles. The van der Waals surface area contributed by atoms with Crippen molar-refractivity contribution in [3.8, 4) is 0 Å². The second-order valence-electron chi connectivity index (χ2n) is 6.73. The molecule has 0 radical (unpaired) electrons. The van der Waals surface area contributed by atoms with Crippen molar-refractivity contribution in [3.63, 3.8) is 0 Å². The molecule has 0 amide bonds. The Hall–Kier alpha value is -1.62. The lowest BCUT2D eigenvalue weighted by Gasteiger charge is -2.30. The third kappa shape index (κ3) is 2.19. The van der Waals surface area contributed by atoms with Gasteiger partial charge in [0.15, 0.2) is 0 Å². The summed E-state index contributed by atoms with van der Waals surface area (Å²) < 4.78 is 11.1. The van der Waals surface area contributed by atoms with Crippen molar-refractivity contribution in [2.24, 2.45) is 23.7 Å². The number of rotatable bonds is 1. The van der Waals surface area contributed by atoms with E-state index >= 15 is 0 Å². The van der Waals surface area contributed by atoms with Gasteiger partial charge in [-0.25, -0.2) is 0 Å². The number of aliphatic hydroxyl groups is 1.